The Hall–Kier alpha value is -0.850. The van der Waals surface area contributed by atoms with E-state index in [1.165, 1.54) is 26.5 Å². The molecule has 1 heterocycles. The van der Waals surface area contributed by atoms with Crippen LogP contribution in [0.15, 0.2) is 17.3 Å². The molecule has 1 rings (SSSR count). The number of anilines is 1. The maximum Gasteiger partial charge on any atom is 0.246 e. The summed E-state index contributed by atoms with van der Waals surface area (Å²) in [6.07, 6.45) is 2.66. The summed E-state index contributed by atoms with van der Waals surface area (Å²) in [6.45, 7) is 0. The first-order valence-corrected chi connectivity index (χ1v) is 5.97. The maximum atomic E-state index is 11.9. The van der Waals surface area contributed by atoms with Crippen LogP contribution in [0.4, 0.5) is 5.69 Å². The van der Waals surface area contributed by atoms with E-state index in [1.807, 2.05) is 0 Å². The van der Waals surface area contributed by atoms with Crippen LogP contribution in [0, 0.1) is 0 Å². The Bertz CT molecular complexity index is 459. The standard InChI is InChI=1S/C8H12ClN3O2S/c1-10-8-6(9)4-11-5-7(8)15(13,14)12(2)3/h4-5H,1-3H3,(H,10,11). The summed E-state index contributed by atoms with van der Waals surface area (Å²) in [5.74, 6) is 0. The van der Waals surface area contributed by atoms with Gasteiger partial charge in [0.2, 0.25) is 10.0 Å². The zero-order valence-corrected chi connectivity index (χ0v) is 10.2. The second kappa shape index (κ2) is 4.34. The number of hydrogen-bond acceptors (Lipinski definition) is 4. The quantitative estimate of drug-likeness (QED) is 0.869. The average Bonchev–Trinajstić information content (AvgIpc) is 2.17. The molecule has 0 aliphatic rings. The maximum absolute atomic E-state index is 11.9. The molecule has 1 aromatic rings. The van der Waals surface area contributed by atoms with Crippen molar-refractivity contribution in [3.63, 3.8) is 0 Å². The van der Waals surface area contributed by atoms with E-state index in [2.05, 4.69) is 10.3 Å². The van der Waals surface area contributed by atoms with Crippen molar-refractivity contribution < 1.29 is 8.42 Å². The third kappa shape index (κ3) is 2.22. The van der Waals surface area contributed by atoms with E-state index in [4.69, 9.17) is 11.6 Å². The lowest BCUT2D eigenvalue weighted by atomic mass is 10.4. The first kappa shape index (κ1) is 12.2. The van der Waals surface area contributed by atoms with Crippen molar-refractivity contribution in [3.8, 4) is 0 Å². The number of hydrogen-bond donors (Lipinski definition) is 1. The van der Waals surface area contributed by atoms with Crippen LogP contribution in [0.2, 0.25) is 5.02 Å². The zero-order chi connectivity index (χ0) is 11.6. The average molecular weight is 250 g/mol. The molecule has 1 N–H and O–H groups in total. The summed E-state index contributed by atoms with van der Waals surface area (Å²) in [5, 5.41) is 3.03. The highest BCUT2D eigenvalue weighted by Crippen LogP contribution is 2.28. The molecule has 1 aromatic heterocycles. The molecule has 0 atom stereocenters. The highest BCUT2D eigenvalue weighted by atomic mass is 35.5. The molecule has 0 amide bonds. The Balaban J connectivity index is 3.45. The molecule has 0 aliphatic heterocycles. The van der Waals surface area contributed by atoms with Gasteiger partial charge in [0.25, 0.3) is 0 Å². The Morgan fingerprint density at radius 1 is 1.40 bits per heavy atom. The molecule has 84 valence electrons. The first-order chi connectivity index (χ1) is 6.91. The molecule has 15 heavy (non-hydrogen) atoms. The van der Waals surface area contributed by atoms with E-state index < -0.39 is 10.0 Å². The number of nitrogens with one attached hydrogen (secondary N) is 1. The van der Waals surface area contributed by atoms with Gasteiger partial charge in [-0.15, -0.1) is 0 Å². The molecule has 7 heteroatoms. The van der Waals surface area contributed by atoms with Gasteiger partial charge in [0.05, 0.1) is 10.7 Å². The molecule has 0 saturated carbocycles. The Morgan fingerprint density at radius 3 is 2.47 bits per heavy atom. The van der Waals surface area contributed by atoms with Crippen LogP contribution in [-0.4, -0.2) is 38.9 Å². The summed E-state index contributed by atoms with van der Waals surface area (Å²) in [5.41, 5.74) is 0.361. The number of sulfonamides is 1. The van der Waals surface area contributed by atoms with Gasteiger partial charge in [-0.3, -0.25) is 4.98 Å². The smallest absolute Gasteiger partial charge is 0.246 e. The first-order valence-electron chi connectivity index (χ1n) is 4.15. The fraction of sp³-hybridized carbons (Fsp3) is 0.375. The fourth-order valence-corrected chi connectivity index (χ4v) is 2.42. The van der Waals surface area contributed by atoms with Crippen molar-refractivity contribution >= 4 is 27.3 Å². The summed E-state index contributed by atoms with van der Waals surface area (Å²) in [7, 11) is 0.997. The van der Waals surface area contributed by atoms with Crippen LogP contribution in [0.25, 0.3) is 0 Å². The Morgan fingerprint density at radius 2 is 2.00 bits per heavy atom. The lowest BCUT2D eigenvalue weighted by molar-refractivity contribution is 0.520. The third-order valence-corrected chi connectivity index (χ3v) is 3.99. The second-order valence-electron chi connectivity index (χ2n) is 3.03. The second-order valence-corrected chi connectivity index (χ2v) is 5.56. The number of rotatable bonds is 3. The number of halogens is 1. The van der Waals surface area contributed by atoms with Crippen LogP contribution >= 0.6 is 11.6 Å². The Kier molecular flexibility index (Phi) is 3.54. The van der Waals surface area contributed by atoms with Crippen molar-refractivity contribution in [2.75, 3.05) is 26.5 Å². The molecule has 0 aliphatic carbocycles. The molecule has 0 spiro atoms. The molecule has 0 saturated heterocycles. The van der Waals surface area contributed by atoms with Crippen molar-refractivity contribution in [1.29, 1.82) is 0 Å². The van der Waals surface area contributed by atoms with Gasteiger partial charge in [0.15, 0.2) is 0 Å². The summed E-state index contributed by atoms with van der Waals surface area (Å²) >= 11 is 5.83. The van der Waals surface area contributed by atoms with Crippen molar-refractivity contribution in [2.45, 2.75) is 4.90 Å². The molecule has 0 unspecified atom stereocenters. The van der Waals surface area contributed by atoms with Gasteiger partial charge in [-0.05, 0) is 0 Å². The van der Waals surface area contributed by atoms with Crippen LogP contribution in [0.3, 0.4) is 0 Å². The minimum atomic E-state index is -3.52. The van der Waals surface area contributed by atoms with E-state index in [-0.39, 0.29) is 9.92 Å². The van der Waals surface area contributed by atoms with Gasteiger partial charge < -0.3 is 5.32 Å². The molecular formula is C8H12ClN3O2S. The van der Waals surface area contributed by atoms with Gasteiger partial charge in [-0.1, -0.05) is 11.6 Å². The van der Waals surface area contributed by atoms with Gasteiger partial charge in [0.1, 0.15) is 4.90 Å². The van der Waals surface area contributed by atoms with E-state index in [0.717, 1.165) is 4.31 Å². The fourth-order valence-electron chi connectivity index (χ4n) is 1.05. The zero-order valence-electron chi connectivity index (χ0n) is 8.65. The molecular weight excluding hydrogens is 238 g/mol. The molecule has 0 aromatic carbocycles. The van der Waals surface area contributed by atoms with E-state index in [9.17, 15) is 8.42 Å². The predicted octanol–water partition coefficient (Wildman–Crippen LogP) is 1.03. The summed E-state index contributed by atoms with van der Waals surface area (Å²) in [6, 6.07) is 0. The van der Waals surface area contributed by atoms with Crippen LogP contribution in [0.5, 0.6) is 0 Å². The summed E-state index contributed by atoms with van der Waals surface area (Å²) in [4.78, 5) is 3.84. The van der Waals surface area contributed by atoms with Gasteiger partial charge in [-0.25, -0.2) is 12.7 Å². The topological polar surface area (TPSA) is 62.3 Å². The normalized spacial score (nSPS) is 11.8. The van der Waals surface area contributed by atoms with E-state index >= 15 is 0 Å². The number of pyridine rings is 1. The third-order valence-electron chi connectivity index (χ3n) is 1.87. The largest absolute Gasteiger partial charge is 0.386 e. The predicted molar refractivity (Wildman–Crippen MR) is 59.7 cm³/mol. The van der Waals surface area contributed by atoms with E-state index in [0.29, 0.717) is 5.69 Å². The SMILES string of the molecule is CNc1c(Cl)cncc1S(=O)(=O)N(C)C. The van der Waals surface area contributed by atoms with Crippen LogP contribution in [0.1, 0.15) is 0 Å². The Labute approximate surface area is 94.1 Å². The minimum absolute atomic E-state index is 0.0718. The monoisotopic (exact) mass is 249 g/mol. The van der Waals surface area contributed by atoms with E-state index in [1.54, 1.807) is 7.05 Å². The lowest BCUT2D eigenvalue weighted by Gasteiger charge is -2.15. The van der Waals surface area contributed by atoms with Crippen molar-refractivity contribution in [2.24, 2.45) is 0 Å². The number of aromatic nitrogens is 1. The van der Waals surface area contributed by atoms with Crippen LogP contribution < -0.4 is 5.32 Å². The van der Waals surface area contributed by atoms with Gasteiger partial charge >= 0.3 is 0 Å². The van der Waals surface area contributed by atoms with Gasteiger partial charge in [-0.2, -0.15) is 0 Å². The summed E-state index contributed by atoms with van der Waals surface area (Å²) < 4.78 is 24.8. The highest BCUT2D eigenvalue weighted by Gasteiger charge is 2.22. The molecule has 0 bridgehead atoms. The number of nitrogens with zero attached hydrogens (tertiary/aromatic N) is 2. The van der Waals surface area contributed by atoms with Crippen LogP contribution in [-0.2, 0) is 10.0 Å². The van der Waals surface area contributed by atoms with Gasteiger partial charge in [0, 0.05) is 33.5 Å². The minimum Gasteiger partial charge on any atom is -0.386 e. The van der Waals surface area contributed by atoms with Crippen molar-refractivity contribution in [3.05, 3.63) is 17.4 Å². The highest BCUT2D eigenvalue weighted by molar-refractivity contribution is 7.89. The lowest BCUT2D eigenvalue weighted by Crippen LogP contribution is -2.23. The van der Waals surface area contributed by atoms with Crippen molar-refractivity contribution in [1.82, 2.24) is 9.29 Å². The molecule has 5 nitrogen and oxygen atoms in total. The molecule has 0 fully saturated rings. The molecule has 0 radical (unpaired) electrons.